The largest absolute Gasteiger partial charge is 0.366 e. The van der Waals surface area contributed by atoms with Gasteiger partial charge in [-0.2, -0.15) is 5.10 Å². The highest BCUT2D eigenvalue weighted by Gasteiger charge is 2.34. The van der Waals surface area contributed by atoms with Gasteiger partial charge in [0.15, 0.2) is 0 Å². The Balaban J connectivity index is 1.53. The molecule has 2 N–H and O–H groups in total. The first-order valence-electron chi connectivity index (χ1n) is 12.4. The van der Waals surface area contributed by atoms with E-state index >= 15 is 0 Å². The highest BCUT2D eigenvalue weighted by atomic mass is 35.5. The summed E-state index contributed by atoms with van der Waals surface area (Å²) in [4.78, 5) is 30.7. The average Bonchev–Trinajstić information content (AvgIpc) is 3.21. The van der Waals surface area contributed by atoms with Crippen LogP contribution in [0.4, 0.5) is 0 Å². The van der Waals surface area contributed by atoms with Gasteiger partial charge in [0.2, 0.25) is 0 Å². The number of carbonyl (C=O) groups is 1. The number of rotatable bonds is 6. The van der Waals surface area contributed by atoms with Gasteiger partial charge in [-0.15, -0.1) is 0 Å². The molecule has 9 heteroatoms. The fourth-order valence-corrected chi connectivity index (χ4v) is 5.58. The summed E-state index contributed by atoms with van der Waals surface area (Å²) < 4.78 is 7.81. The summed E-state index contributed by atoms with van der Waals surface area (Å²) in [5.74, 6) is -0.288. The summed E-state index contributed by atoms with van der Waals surface area (Å²) >= 11 is 6.45. The molecule has 1 unspecified atom stereocenters. The zero-order valence-corrected chi connectivity index (χ0v) is 22.7. The predicted molar refractivity (Wildman–Crippen MR) is 143 cm³/mol. The molecule has 0 bridgehead atoms. The van der Waals surface area contributed by atoms with Crippen LogP contribution in [-0.4, -0.2) is 52.0 Å². The number of aromatic amines is 1. The first-order chi connectivity index (χ1) is 17.0. The number of amides is 1. The molecule has 4 rings (SSSR count). The Kier molecular flexibility index (Phi) is 7.59. The van der Waals surface area contributed by atoms with Gasteiger partial charge in [0.25, 0.3) is 11.5 Å². The van der Waals surface area contributed by atoms with Crippen LogP contribution in [0.1, 0.15) is 66.8 Å². The summed E-state index contributed by atoms with van der Waals surface area (Å²) in [5, 5.41) is 8.78. The Morgan fingerprint density at radius 2 is 1.94 bits per heavy atom. The van der Waals surface area contributed by atoms with E-state index < -0.39 is 0 Å². The van der Waals surface area contributed by atoms with Crippen LogP contribution in [0.3, 0.4) is 0 Å². The van der Waals surface area contributed by atoms with Gasteiger partial charge in [-0.05, 0) is 50.5 Å². The van der Waals surface area contributed by atoms with Crippen molar-refractivity contribution in [2.45, 2.75) is 66.3 Å². The van der Waals surface area contributed by atoms with Crippen molar-refractivity contribution in [1.82, 2.24) is 25.0 Å². The van der Waals surface area contributed by atoms with Gasteiger partial charge in [0.1, 0.15) is 6.23 Å². The van der Waals surface area contributed by atoms with Crippen LogP contribution in [0.25, 0.3) is 10.9 Å². The molecule has 8 nitrogen and oxygen atoms in total. The van der Waals surface area contributed by atoms with Crippen molar-refractivity contribution in [3.63, 3.8) is 0 Å². The molecule has 0 radical (unpaired) electrons. The molecule has 1 aliphatic rings. The molecule has 1 amide bonds. The molecule has 1 fully saturated rings. The van der Waals surface area contributed by atoms with Crippen molar-refractivity contribution in [3.8, 4) is 0 Å². The lowest BCUT2D eigenvalue weighted by molar-refractivity contribution is -0.108. The van der Waals surface area contributed by atoms with E-state index in [0.29, 0.717) is 16.1 Å². The Morgan fingerprint density at radius 1 is 1.25 bits per heavy atom. The van der Waals surface area contributed by atoms with Gasteiger partial charge in [-0.3, -0.25) is 19.2 Å². The second-order valence-corrected chi connectivity index (χ2v) is 11.3. The van der Waals surface area contributed by atoms with Gasteiger partial charge >= 0.3 is 0 Å². The number of H-pyrrole nitrogens is 1. The molecule has 0 saturated carbocycles. The van der Waals surface area contributed by atoms with Crippen molar-refractivity contribution < 1.29 is 9.53 Å². The highest BCUT2D eigenvalue weighted by molar-refractivity contribution is 6.32. The highest BCUT2D eigenvalue weighted by Crippen LogP contribution is 2.33. The van der Waals surface area contributed by atoms with Crippen molar-refractivity contribution in [1.29, 1.82) is 0 Å². The van der Waals surface area contributed by atoms with E-state index in [1.807, 2.05) is 30.7 Å². The van der Waals surface area contributed by atoms with Gasteiger partial charge in [-0.1, -0.05) is 32.4 Å². The van der Waals surface area contributed by atoms with Crippen molar-refractivity contribution >= 4 is 28.4 Å². The van der Waals surface area contributed by atoms with Crippen LogP contribution in [0.2, 0.25) is 5.02 Å². The molecule has 1 atom stereocenters. The van der Waals surface area contributed by atoms with E-state index in [-0.39, 0.29) is 35.7 Å². The SMILES string of the molecule is COC(N1CCC(n2ncc3c(C(=O)NCc4c(C)cc(C)[nH]c4=O)cc(Cl)cc32)CC1)C(C)(C)C. The fourth-order valence-electron chi connectivity index (χ4n) is 5.37. The number of benzene rings is 1. The third kappa shape index (κ3) is 5.36. The molecule has 0 spiro atoms. The zero-order valence-electron chi connectivity index (χ0n) is 21.9. The van der Waals surface area contributed by atoms with Crippen LogP contribution in [0, 0.1) is 19.3 Å². The lowest BCUT2D eigenvalue weighted by Crippen LogP contribution is -2.49. The van der Waals surface area contributed by atoms with E-state index in [0.717, 1.165) is 48.1 Å². The van der Waals surface area contributed by atoms with Crippen LogP contribution < -0.4 is 10.9 Å². The minimum Gasteiger partial charge on any atom is -0.366 e. The van der Waals surface area contributed by atoms with Crippen LogP contribution in [0.15, 0.2) is 29.2 Å². The normalized spacial score (nSPS) is 16.4. The van der Waals surface area contributed by atoms with Gasteiger partial charge < -0.3 is 15.0 Å². The van der Waals surface area contributed by atoms with Crippen molar-refractivity contribution in [3.05, 3.63) is 62.2 Å². The molecule has 1 aliphatic heterocycles. The predicted octanol–water partition coefficient (Wildman–Crippen LogP) is 4.58. The first kappa shape index (κ1) is 26.4. The van der Waals surface area contributed by atoms with E-state index in [1.165, 1.54) is 0 Å². The lowest BCUT2D eigenvalue weighted by atomic mass is 9.91. The molecule has 1 aromatic carbocycles. The Morgan fingerprint density at radius 3 is 2.56 bits per heavy atom. The van der Waals surface area contributed by atoms with Gasteiger partial charge in [-0.25, -0.2) is 0 Å². The quantitative estimate of drug-likeness (QED) is 0.503. The number of carbonyl (C=O) groups excluding carboxylic acids is 1. The molecular formula is C27H36ClN5O3. The molecule has 0 aliphatic carbocycles. The van der Waals surface area contributed by atoms with E-state index in [2.05, 4.69) is 41.1 Å². The standard InChI is InChI=1S/C27H36ClN5O3/c1-16-11-17(2)31-25(35)21(16)14-29-24(34)20-12-18(28)13-23-22(20)15-30-33(23)19-7-9-32(10-8-19)26(36-6)27(3,4)5/h11-13,15,19,26H,7-10,14H2,1-6H3,(H,29,34)(H,31,35). The number of nitrogens with zero attached hydrogens (tertiary/aromatic N) is 3. The monoisotopic (exact) mass is 513 g/mol. The summed E-state index contributed by atoms with van der Waals surface area (Å²) in [6, 6.07) is 5.63. The topological polar surface area (TPSA) is 92.2 Å². The van der Waals surface area contributed by atoms with E-state index in [1.54, 1.807) is 19.4 Å². The number of pyridine rings is 1. The molecule has 3 aromatic rings. The number of nitrogens with one attached hydrogen (secondary N) is 2. The molecule has 36 heavy (non-hydrogen) atoms. The van der Waals surface area contributed by atoms with Crippen molar-refractivity contribution in [2.75, 3.05) is 20.2 Å². The number of hydrogen-bond acceptors (Lipinski definition) is 5. The zero-order chi connectivity index (χ0) is 26.2. The molecule has 194 valence electrons. The Bertz CT molecular complexity index is 1320. The number of aryl methyl sites for hydroxylation is 2. The Hall–Kier alpha value is -2.68. The minimum absolute atomic E-state index is 0.0256. The number of aromatic nitrogens is 3. The molecular weight excluding hydrogens is 478 g/mol. The summed E-state index contributed by atoms with van der Waals surface area (Å²) in [6.07, 6.45) is 3.65. The second-order valence-electron chi connectivity index (χ2n) is 10.8. The summed E-state index contributed by atoms with van der Waals surface area (Å²) in [5.41, 5.74) is 3.30. The number of likely N-dealkylation sites (tertiary alicyclic amines) is 1. The van der Waals surface area contributed by atoms with E-state index in [4.69, 9.17) is 16.3 Å². The molecule has 1 saturated heterocycles. The average molecular weight is 514 g/mol. The van der Waals surface area contributed by atoms with Gasteiger partial charge in [0, 0.05) is 53.8 Å². The van der Waals surface area contributed by atoms with Crippen LogP contribution >= 0.6 is 11.6 Å². The van der Waals surface area contributed by atoms with Gasteiger partial charge in [0.05, 0.1) is 23.3 Å². The fraction of sp³-hybridized carbons (Fsp3) is 0.519. The first-order valence-corrected chi connectivity index (χ1v) is 12.8. The summed E-state index contributed by atoms with van der Waals surface area (Å²) in [6.45, 7) is 12.2. The third-order valence-corrected chi connectivity index (χ3v) is 7.20. The number of fused-ring (bicyclic) bond motifs is 1. The van der Waals surface area contributed by atoms with Crippen LogP contribution in [0.5, 0.6) is 0 Å². The number of ether oxygens (including phenoxy) is 1. The smallest absolute Gasteiger partial charge is 0.253 e. The maximum Gasteiger partial charge on any atom is 0.253 e. The number of piperidine rings is 1. The second kappa shape index (κ2) is 10.4. The third-order valence-electron chi connectivity index (χ3n) is 6.99. The number of halogens is 1. The van der Waals surface area contributed by atoms with Crippen molar-refractivity contribution in [2.24, 2.45) is 5.41 Å². The number of methoxy groups -OCH3 is 1. The van der Waals surface area contributed by atoms with Crippen LogP contribution in [-0.2, 0) is 11.3 Å². The maximum absolute atomic E-state index is 13.2. The minimum atomic E-state index is -0.288. The number of hydrogen-bond donors (Lipinski definition) is 2. The summed E-state index contributed by atoms with van der Waals surface area (Å²) in [7, 11) is 1.77. The Labute approximate surface area is 217 Å². The maximum atomic E-state index is 13.2. The lowest BCUT2D eigenvalue weighted by Gasteiger charge is -2.42. The van der Waals surface area contributed by atoms with E-state index in [9.17, 15) is 9.59 Å². The molecule has 3 heterocycles. The molecule has 2 aromatic heterocycles.